The van der Waals surface area contributed by atoms with Crippen molar-refractivity contribution in [3.63, 3.8) is 0 Å². The lowest BCUT2D eigenvalue weighted by molar-refractivity contribution is 0.0985. The van der Waals surface area contributed by atoms with Crippen molar-refractivity contribution in [3.8, 4) is 11.4 Å². The molecule has 5 rings (SSSR count). The van der Waals surface area contributed by atoms with Crippen LogP contribution in [0.3, 0.4) is 0 Å². The first-order valence-electron chi connectivity index (χ1n) is 10.7. The zero-order valence-corrected chi connectivity index (χ0v) is 18.6. The van der Waals surface area contributed by atoms with E-state index in [-0.39, 0.29) is 11.1 Å². The molecule has 1 saturated heterocycles. The molecule has 1 aliphatic heterocycles. The average molecular weight is 452 g/mol. The molecule has 0 unspecified atom stereocenters. The minimum Gasteiger partial charge on any atom is -0.399 e. The number of nitrogens with zero attached hydrogens (tertiary/aromatic N) is 4. The molecule has 1 aromatic carbocycles. The van der Waals surface area contributed by atoms with Gasteiger partial charge in [0.1, 0.15) is 10.6 Å². The summed E-state index contributed by atoms with van der Waals surface area (Å²) in [4.78, 5) is 15.9. The van der Waals surface area contributed by atoms with Crippen molar-refractivity contribution in [1.29, 1.82) is 0 Å². The van der Waals surface area contributed by atoms with Gasteiger partial charge in [0.25, 0.3) is 0 Å². The molecule has 1 atom stereocenters. The zero-order chi connectivity index (χ0) is 22.3. The van der Waals surface area contributed by atoms with E-state index in [9.17, 15) is 8.42 Å². The first kappa shape index (κ1) is 20.8. The van der Waals surface area contributed by atoms with Crippen LogP contribution in [0.25, 0.3) is 11.4 Å². The molecule has 2 N–H and O–H groups in total. The van der Waals surface area contributed by atoms with Gasteiger partial charge in [-0.25, -0.2) is 23.4 Å². The van der Waals surface area contributed by atoms with Gasteiger partial charge in [-0.2, -0.15) is 0 Å². The maximum absolute atomic E-state index is 13.6. The second kappa shape index (κ2) is 7.83. The van der Waals surface area contributed by atoms with Gasteiger partial charge in [-0.1, -0.05) is 6.07 Å². The van der Waals surface area contributed by atoms with E-state index in [1.165, 1.54) is 6.20 Å². The summed E-state index contributed by atoms with van der Waals surface area (Å²) in [5.41, 5.74) is 7.79. The summed E-state index contributed by atoms with van der Waals surface area (Å²) >= 11 is 0. The maximum Gasteiger partial charge on any atom is 0.206 e. The molecular weight excluding hydrogens is 426 g/mol. The zero-order valence-electron chi connectivity index (χ0n) is 17.8. The Kier molecular flexibility index (Phi) is 5.10. The van der Waals surface area contributed by atoms with Crippen molar-refractivity contribution in [2.75, 3.05) is 30.4 Å². The Bertz CT molecular complexity index is 1230. The van der Waals surface area contributed by atoms with Crippen LogP contribution in [0.1, 0.15) is 25.5 Å². The topological polar surface area (TPSA) is 111 Å². The molecule has 0 amide bonds. The Balaban J connectivity index is 1.65. The molecule has 1 saturated carbocycles. The lowest BCUT2D eigenvalue weighted by atomic mass is 10.1. The van der Waals surface area contributed by atoms with Gasteiger partial charge in [-0.15, -0.1) is 0 Å². The molecule has 0 radical (unpaired) electrons. The molecule has 0 spiro atoms. The van der Waals surface area contributed by atoms with Gasteiger partial charge in [0.15, 0.2) is 10.9 Å². The van der Waals surface area contributed by atoms with Crippen LogP contribution < -0.4 is 10.6 Å². The molecule has 3 heterocycles. The van der Waals surface area contributed by atoms with E-state index in [0.29, 0.717) is 55.6 Å². The van der Waals surface area contributed by atoms with Gasteiger partial charge in [-0.3, -0.25) is 0 Å². The van der Waals surface area contributed by atoms with Gasteiger partial charge in [0.2, 0.25) is 9.84 Å². The largest absolute Gasteiger partial charge is 0.399 e. The van der Waals surface area contributed by atoms with Crippen molar-refractivity contribution in [3.05, 3.63) is 60.4 Å². The van der Waals surface area contributed by atoms with Gasteiger partial charge in [0, 0.05) is 30.1 Å². The van der Waals surface area contributed by atoms with Crippen LogP contribution in [0.4, 0.5) is 11.5 Å². The van der Waals surface area contributed by atoms with E-state index in [4.69, 9.17) is 20.4 Å². The first-order valence-corrected chi connectivity index (χ1v) is 12.1. The molecule has 9 heteroatoms. The third-order valence-electron chi connectivity index (χ3n) is 6.14. The van der Waals surface area contributed by atoms with Gasteiger partial charge in [0.05, 0.1) is 24.9 Å². The van der Waals surface area contributed by atoms with Crippen molar-refractivity contribution >= 4 is 21.3 Å². The van der Waals surface area contributed by atoms with Gasteiger partial charge in [-0.05, 0) is 56.2 Å². The highest BCUT2D eigenvalue weighted by molar-refractivity contribution is 7.92. The van der Waals surface area contributed by atoms with Crippen molar-refractivity contribution in [2.24, 2.45) is 0 Å². The van der Waals surface area contributed by atoms with Crippen LogP contribution in [-0.4, -0.2) is 49.2 Å². The molecule has 2 aliphatic rings. The van der Waals surface area contributed by atoms with Gasteiger partial charge >= 0.3 is 0 Å². The summed E-state index contributed by atoms with van der Waals surface area (Å²) in [5, 5.41) is 0.0754. The van der Waals surface area contributed by atoms with Crippen LogP contribution in [0.15, 0.2) is 59.8 Å². The molecule has 166 valence electrons. The number of ether oxygens (including phenoxy) is 1. The van der Waals surface area contributed by atoms with Crippen LogP contribution in [0.5, 0.6) is 0 Å². The second-order valence-electron chi connectivity index (χ2n) is 8.34. The number of hydrogen-bond acceptors (Lipinski definition) is 8. The molecule has 3 aromatic rings. The molecule has 32 heavy (non-hydrogen) atoms. The number of aromatic nitrogens is 3. The number of sulfone groups is 1. The van der Waals surface area contributed by atoms with Crippen molar-refractivity contribution in [1.82, 2.24) is 15.0 Å². The Morgan fingerprint density at radius 2 is 1.91 bits per heavy atom. The number of anilines is 2. The lowest BCUT2D eigenvalue weighted by Gasteiger charge is -2.34. The monoisotopic (exact) mass is 451 g/mol. The predicted molar refractivity (Wildman–Crippen MR) is 122 cm³/mol. The van der Waals surface area contributed by atoms with E-state index in [2.05, 4.69) is 16.8 Å². The average Bonchev–Trinajstić information content (AvgIpc) is 3.63. The number of pyridine rings is 1. The van der Waals surface area contributed by atoms with E-state index < -0.39 is 14.6 Å². The maximum atomic E-state index is 13.6. The highest BCUT2D eigenvalue weighted by Crippen LogP contribution is 2.54. The minimum atomic E-state index is -3.71. The Morgan fingerprint density at radius 3 is 2.56 bits per heavy atom. The molecule has 2 fully saturated rings. The SMILES string of the molecule is C[C@H]1COCCN1c1cc(C2(S(=O)(=O)c3ccccn3)CC2)nc(-c2ccc(N)cc2)n1. The van der Waals surface area contributed by atoms with Crippen LogP contribution in [0, 0.1) is 0 Å². The third-order valence-corrected chi connectivity index (χ3v) is 8.58. The van der Waals surface area contributed by atoms with E-state index in [0.717, 1.165) is 5.56 Å². The van der Waals surface area contributed by atoms with Crippen molar-refractivity contribution < 1.29 is 13.2 Å². The number of nitrogens with two attached hydrogens (primary N) is 1. The van der Waals surface area contributed by atoms with Gasteiger partial charge < -0.3 is 15.4 Å². The third kappa shape index (κ3) is 3.51. The number of morpholine rings is 1. The second-order valence-corrected chi connectivity index (χ2v) is 10.5. The van der Waals surface area contributed by atoms with E-state index in [1.807, 2.05) is 18.2 Å². The fourth-order valence-electron chi connectivity index (χ4n) is 4.13. The summed E-state index contributed by atoms with van der Waals surface area (Å²) in [5.74, 6) is 1.19. The standard InChI is InChI=1S/C23H25N5O3S/c1-16-15-31-13-12-28(16)20-14-19(26-22(27-20)17-5-7-18(24)8-6-17)23(9-10-23)32(29,30)21-4-2-3-11-25-21/h2-8,11,14,16H,9-10,12-13,15,24H2,1H3/t16-/m0/s1. The highest BCUT2D eigenvalue weighted by Gasteiger charge is 2.58. The quantitative estimate of drug-likeness (QED) is 0.590. The number of nitrogen functional groups attached to an aromatic ring is 1. The van der Waals surface area contributed by atoms with Crippen LogP contribution >= 0.6 is 0 Å². The van der Waals surface area contributed by atoms with Crippen LogP contribution in [-0.2, 0) is 19.3 Å². The number of rotatable bonds is 5. The molecular formula is C23H25N5O3S. The van der Waals surface area contributed by atoms with Crippen molar-refractivity contribution in [2.45, 2.75) is 35.6 Å². The summed E-state index contributed by atoms with van der Waals surface area (Å²) in [6.45, 7) is 3.94. The fourth-order valence-corrected chi connectivity index (χ4v) is 6.00. The molecule has 8 nitrogen and oxygen atoms in total. The van der Waals surface area contributed by atoms with E-state index >= 15 is 0 Å². The Hall–Kier alpha value is -3.04. The summed E-state index contributed by atoms with van der Waals surface area (Å²) in [6.07, 6.45) is 2.51. The fraction of sp³-hybridized carbons (Fsp3) is 0.348. The Morgan fingerprint density at radius 1 is 1.12 bits per heavy atom. The number of hydrogen-bond donors (Lipinski definition) is 1. The molecule has 0 bridgehead atoms. The Labute approximate surface area is 187 Å². The first-order chi connectivity index (χ1) is 15.4. The summed E-state index contributed by atoms with van der Waals surface area (Å²) in [6, 6.07) is 14.2. The highest BCUT2D eigenvalue weighted by atomic mass is 32.2. The van der Waals surface area contributed by atoms with E-state index in [1.54, 1.807) is 30.3 Å². The lowest BCUT2D eigenvalue weighted by Crippen LogP contribution is -2.44. The summed E-state index contributed by atoms with van der Waals surface area (Å²) in [7, 11) is -3.71. The summed E-state index contributed by atoms with van der Waals surface area (Å²) < 4.78 is 31.7. The molecule has 1 aliphatic carbocycles. The minimum absolute atomic E-state index is 0.0754. The normalized spacial score (nSPS) is 20.2. The molecule has 2 aromatic heterocycles. The van der Waals surface area contributed by atoms with Crippen LogP contribution in [0.2, 0.25) is 0 Å². The smallest absolute Gasteiger partial charge is 0.206 e. The number of benzene rings is 1. The predicted octanol–water partition coefficient (Wildman–Crippen LogP) is 2.81.